The maximum Gasteiger partial charge on any atom is 0.191 e. The fourth-order valence-corrected chi connectivity index (χ4v) is 1.66. The Morgan fingerprint density at radius 3 is 2.50 bits per heavy atom. The van der Waals surface area contributed by atoms with Crippen molar-refractivity contribution in [2.75, 3.05) is 13.1 Å². The number of nitrogens with one attached hydrogen (secondary N) is 2. The number of aromatic nitrogens is 3. The number of guanidine groups is 1. The van der Waals surface area contributed by atoms with Crippen LogP contribution in [0.2, 0.25) is 0 Å². The predicted octanol–water partition coefficient (Wildman–Crippen LogP) is 1.99. The van der Waals surface area contributed by atoms with E-state index in [0.29, 0.717) is 6.54 Å². The highest BCUT2D eigenvalue weighted by atomic mass is 127. The highest BCUT2D eigenvalue weighted by molar-refractivity contribution is 14.0. The maximum atomic E-state index is 4.53. The van der Waals surface area contributed by atoms with Gasteiger partial charge in [0, 0.05) is 20.1 Å². The lowest BCUT2D eigenvalue weighted by molar-refractivity contribution is 0.681. The van der Waals surface area contributed by atoms with Crippen LogP contribution in [0.5, 0.6) is 0 Å². The largest absolute Gasteiger partial charge is 0.357 e. The average molecular weight is 394 g/mol. The fraction of sp³-hybridized carbons (Fsp3) is 0.769. The normalized spacial score (nSPS) is 11.1. The van der Waals surface area contributed by atoms with E-state index in [1.54, 1.807) is 0 Å². The molecule has 0 aliphatic rings. The van der Waals surface area contributed by atoms with Crippen LogP contribution in [0.25, 0.3) is 0 Å². The van der Waals surface area contributed by atoms with Crippen molar-refractivity contribution in [3.05, 3.63) is 11.6 Å². The van der Waals surface area contributed by atoms with Gasteiger partial charge in [0.05, 0.1) is 0 Å². The SMILES string of the molecule is CCCCCNC(=NCc1nnc(C)n1C)NCC.I. The van der Waals surface area contributed by atoms with E-state index in [4.69, 9.17) is 0 Å². The Labute approximate surface area is 138 Å². The third-order valence-electron chi connectivity index (χ3n) is 2.98. The molecule has 1 aromatic rings. The topological polar surface area (TPSA) is 67.1 Å². The van der Waals surface area contributed by atoms with Crippen molar-refractivity contribution in [3.63, 3.8) is 0 Å². The minimum absolute atomic E-state index is 0. The molecule has 0 spiro atoms. The van der Waals surface area contributed by atoms with Gasteiger partial charge in [0.25, 0.3) is 0 Å². The van der Waals surface area contributed by atoms with Crippen LogP contribution < -0.4 is 10.6 Å². The molecule has 0 amide bonds. The summed E-state index contributed by atoms with van der Waals surface area (Å²) in [5.74, 6) is 2.63. The Balaban J connectivity index is 0.00000361. The van der Waals surface area contributed by atoms with Crippen molar-refractivity contribution in [2.24, 2.45) is 12.0 Å². The van der Waals surface area contributed by atoms with E-state index in [0.717, 1.165) is 30.7 Å². The lowest BCUT2D eigenvalue weighted by Crippen LogP contribution is -2.37. The molecule has 20 heavy (non-hydrogen) atoms. The number of aliphatic imine (C=N–C) groups is 1. The Bertz CT molecular complexity index is 402. The Kier molecular flexibility index (Phi) is 10.4. The van der Waals surface area contributed by atoms with Crippen LogP contribution in [-0.2, 0) is 13.6 Å². The molecule has 0 radical (unpaired) electrons. The quantitative estimate of drug-likeness (QED) is 0.321. The minimum Gasteiger partial charge on any atom is -0.357 e. The summed E-state index contributed by atoms with van der Waals surface area (Å²) in [5.41, 5.74) is 0. The first-order chi connectivity index (χ1) is 9.19. The highest BCUT2D eigenvalue weighted by Gasteiger charge is 2.04. The van der Waals surface area contributed by atoms with Gasteiger partial charge < -0.3 is 15.2 Å². The van der Waals surface area contributed by atoms with Gasteiger partial charge >= 0.3 is 0 Å². The van der Waals surface area contributed by atoms with Crippen LogP contribution in [0.1, 0.15) is 44.8 Å². The molecule has 0 fully saturated rings. The summed E-state index contributed by atoms with van der Waals surface area (Å²) in [4.78, 5) is 4.53. The molecular weight excluding hydrogens is 367 g/mol. The van der Waals surface area contributed by atoms with Crippen molar-refractivity contribution in [3.8, 4) is 0 Å². The molecule has 0 unspecified atom stereocenters. The van der Waals surface area contributed by atoms with Gasteiger partial charge in [-0.05, 0) is 20.3 Å². The van der Waals surface area contributed by atoms with E-state index in [9.17, 15) is 0 Å². The van der Waals surface area contributed by atoms with E-state index in [1.807, 2.05) is 18.5 Å². The summed E-state index contributed by atoms with van der Waals surface area (Å²) >= 11 is 0. The molecule has 0 saturated carbocycles. The van der Waals surface area contributed by atoms with Crippen LogP contribution in [0.3, 0.4) is 0 Å². The molecule has 0 aromatic carbocycles. The number of unbranched alkanes of at least 4 members (excludes halogenated alkanes) is 2. The molecule has 2 N–H and O–H groups in total. The van der Waals surface area contributed by atoms with Gasteiger partial charge in [0.1, 0.15) is 12.4 Å². The molecule has 0 atom stereocenters. The van der Waals surface area contributed by atoms with Crippen LogP contribution in [0.4, 0.5) is 0 Å². The highest BCUT2D eigenvalue weighted by Crippen LogP contribution is 1.99. The number of halogens is 1. The number of nitrogens with zero attached hydrogens (tertiary/aromatic N) is 4. The molecule has 1 aromatic heterocycles. The molecule has 7 heteroatoms. The molecule has 0 aliphatic carbocycles. The lowest BCUT2D eigenvalue weighted by Gasteiger charge is -2.10. The van der Waals surface area contributed by atoms with Crippen molar-refractivity contribution in [1.82, 2.24) is 25.4 Å². The van der Waals surface area contributed by atoms with E-state index in [-0.39, 0.29) is 24.0 Å². The summed E-state index contributed by atoms with van der Waals surface area (Å²) in [6.45, 7) is 8.56. The van der Waals surface area contributed by atoms with Gasteiger partial charge in [0.15, 0.2) is 11.8 Å². The van der Waals surface area contributed by atoms with Crippen LogP contribution in [0.15, 0.2) is 4.99 Å². The van der Waals surface area contributed by atoms with Gasteiger partial charge in [0.2, 0.25) is 0 Å². The first kappa shape index (κ1) is 19.1. The number of rotatable bonds is 7. The number of hydrogen-bond donors (Lipinski definition) is 2. The van der Waals surface area contributed by atoms with E-state index >= 15 is 0 Å². The summed E-state index contributed by atoms with van der Waals surface area (Å²) in [7, 11) is 1.96. The van der Waals surface area contributed by atoms with E-state index in [2.05, 4.69) is 39.7 Å². The van der Waals surface area contributed by atoms with E-state index < -0.39 is 0 Å². The molecular formula is C13H27IN6. The van der Waals surface area contributed by atoms with Crippen molar-refractivity contribution < 1.29 is 0 Å². The van der Waals surface area contributed by atoms with Gasteiger partial charge in [-0.15, -0.1) is 34.2 Å². The molecule has 0 aliphatic heterocycles. The first-order valence-corrected chi connectivity index (χ1v) is 7.06. The third-order valence-corrected chi connectivity index (χ3v) is 2.98. The van der Waals surface area contributed by atoms with Crippen molar-refractivity contribution in [1.29, 1.82) is 0 Å². The number of aryl methyl sites for hydroxylation is 1. The summed E-state index contributed by atoms with van der Waals surface area (Å²) in [6, 6.07) is 0. The summed E-state index contributed by atoms with van der Waals surface area (Å²) in [5, 5.41) is 14.7. The molecule has 6 nitrogen and oxygen atoms in total. The average Bonchev–Trinajstić information content (AvgIpc) is 2.72. The van der Waals surface area contributed by atoms with E-state index in [1.165, 1.54) is 19.3 Å². The zero-order chi connectivity index (χ0) is 14.1. The Morgan fingerprint density at radius 1 is 1.20 bits per heavy atom. The Hall–Kier alpha value is -0.860. The zero-order valence-electron chi connectivity index (χ0n) is 12.9. The van der Waals surface area contributed by atoms with Crippen LogP contribution >= 0.6 is 24.0 Å². The molecule has 0 bridgehead atoms. The number of hydrogen-bond acceptors (Lipinski definition) is 3. The van der Waals surface area contributed by atoms with Crippen molar-refractivity contribution >= 4 is 29.9 Å². The standard InChI is InChI=1S/C13H26N6.HI/c1-5-7-8-9-15-13(14-6-2)16-10-12-18-17-11(3)19(12)4;/h5-10H2,1-4H3,(H2,14,15,16);1H. The van der Waals surface area contributed by atoms with Crippen LogP contribution in [0, 0.1) is 6.92 Å². The fourth-order valence-electron chi connectivity index (χ4n) is 1.66. The molecule has 1 heterocycles. The van der Waals surface area contributed by atoms with Gasteiger partial charge in [-0.3, -0.25) is 0 Å². The molecule has 1 rings (SSSR count). The van der Waals surface area contributed by atoms with Crippen LogP contribution in [-0.4, -0.2) is 33.8 Å². The monoisotopic (exact) mass is 394 g/mol. The summed E-state index contributed by atoms with van der Waals surface area (Å²) < 4.78 is 1.96. The first-order valence-electron chi connectivity index (χ1n) is 7.06. The predicted molar refractivity (Wildman–Crippen MR) is 93.5 cm³/mol. The Morgan fingerprint density at radius 2 is 1.95 bits per heavy atom. The van der Waals surface area contributed by atoms with Gasteiger partial charge in [-0.25, -0.2) is 4.99 Å². The second kappa shape index (κ2) is 10.9. The maximum absolute atomic E-state index is 4.53. The third kappa shape index (κ3) is 6.53. The second-order valence-electron chi connectivity index (χ2n) is 4.55. The van der Waals surface area contributed by atoms with Gasteiger partial charge in [-0.2, -0.15) is 0 Å². The molecule has 116 valence electrons. The van der Waals surface area contributed by atoms with Gasteiger partial charge in [-0.1, -0.05) is 19.8 Å². The van der Waals surface area contributed by atoms with Crippen molar-refractivity contribution in [2.45, 2.75) is 46.6 Å². The summed E-state index contributed by atoms with van der Waals surface area (Å²) in [6.07, 6.45) is 3.65. The smallest absolute Gasteiger partial charge is 0.191 e. The zero-order valence-corrected chi connectivity index (χ0v) is 15.3. The second-order valence-corrected chi connectivity index (χ2v) is 4.55. The lowest BCUT2D eigenvalue weighted by atomic mass is 10.2. The minimum atomic E-state index is 0. The molecule has 0 saturated heterocycles.